The minimum atomic E-state index is -1.25. The molecule has 1 N–H and O–H groups in total. The third-order valence-electron chi connectivity index (χ3n) is 3.03. The van der Waals surface area contributed by atoms with Gasteiger partial charge in [0.2, 0.25) is 0 Å². The number of hydrogen-bond donors (Lipinski definition) is 1. The van der Waals surface area contributed by atoms with Crippen LogP contribution in [0.3, 0.4) is 0 Å². The lowest BCUT2D eigenvalue weighted by Crippen LogP contribution is -2.05. The molecule has 0 saturated heterocycles. The van der Waals surface area contributed by atoms with Crippen molar-refractivity contribution >= 4 is 5.97 Å². The highest BCUT2D eigenvalue weighted by Gasteiger charge is 2.13. The standard InChI is InChI=1S/C16H12FNO3/c1-10-6-11(8-18)2-3-12(10)9-21-15-5-4-13(17)7-14(15)16(19)20/h2-7H,9H2,1H3,(H,19,20). The van der Waals surface area contributed by atoms with Crippen LogP contribution < -0.4 is 4.74 Å². The molecule has 2 aromatic carbocycles. The monoisotopic (exact) mass is 285 g/mol. The molecule has 0 spiro atoms. The molecular weight excluding hydrogens is 273 g/mol. The molecule has 0 aliphatic rings. The van der Waals surface area contributed by atoms with E-state index >= 15 is 0 Å². The zero-order valence-corrected chi connectivity index (χ0v) is 11.3. The average molecular weight is 285 g/mol. The van der Waals surface area contributed by atoms with Crippen molar-refractivity contribution in [2.75, 3.05) is 0 Å². The number of hydrogen-bond acceptors (Lipinski definition) is 3. The second-order valence-electron chi connectivity index (χ2n) is 4.49. The molecule has 0 amide bonds. The molecule has 0 aromatic heterocycles. The number of rotatable bonds is 4. The third kappa shape index (κ3) is 3.37. The van der Waals surface area contributed by atoms with Crippen molar-refractivity contribution in [3.63, 3.8) is 0 Å². The van der Waals surface area contributed by atoms with E-state index < -0.39 is 11.8 Å². The fourth-order valence-corrected chi connectivity index (χ4v) is 1.88. The maximum absolute atomic E-state index is 13.1. The smallest absolute Gasteiger partial charge is 0.339 e. The Hall–Kier alpha value is -2.87. The van der Waals surface area contributed by atoms with E-state index in [4.69, 9.17) is 15.1 Å². The molecule has 0 bridgehead atoms. The van der Waals surface area contributed by atoms with E-state index in [1.165, 1.54) is 6.07 Å². The lowest BCUT2D eigenvalue weighted by Gasteiger charge is -2.11. The van der Waals surface area contributed by atoms with Gasteiger partial charge in [0.15, 0.2) is 0 Å². The zero-order valence-electron chi connectivity index (χ0n) is 11.3. The number of benzene rings is 2. The summed E-state index contributed by atoms with van der Waals surface area (Å²) in [6, 6.07) is 10.5. The van der Waals surface area contributed by atoms with Crippen molar-refractivity contribution in [2.45, 2.75) is 13.5 Å². The Morgan fingerprint density at radius 1 is 1.33 bits per heavy atom. The number of carbonyl (C=O) groups is 1. The lowest BCUT2D eigenvalue weighted by atomic mass is 10.1. The summed E-state index contributed by atoms with van der Waals surface area (Å²) in [5.74, 6) is -1.77. The Labute approximate surface area is 121 Å². The predicted molar refractivity (Wildman–Crippen MR) is 73.6 cm³/mol. The fourth-order valence-electron chi connectivity index (χ4n) is 1.88. The largest absolute Gasteiger partial charge is 0.488 e. The Morgan fingerprint density at radius 2 is 2.10 bits per heavy atom. The van der Waals surface area contributed by atoms with Gasteiger partial charge in [-0.15, -0.1) is 0 Å². The van der Waals surface area contributed by atoms with Crippen molar-refractivity contribution in [3.05, 3.63) is 64.5 Å². The van der Waals surface area contributed by atoms with Gasteiger partial charge in [-0.3, -0.25) is 0 Å². The SMILES string of the molecule is Cc1cc(C#N)ccc1COc1ccc(F)cc1C(=O)O. The number of aromatic carboxylic acids is 1. The van der Waals surface area contributed by atoms with Crippen LogP contribution in [-0.4, -0.2) is 11.1 Å². The van der Waals surface area contributed by atoms with E-state index in [1.807, 2.05) is 13.0 Å². The molecule has 5 heteroatoms. The quantitative estimate of drug-likeness (QED) is 0.935. The van der Waals surface area contributed by atoms with Gasteiger partial charge < -0.3 is 9.84 Å². The summed E-state index contributed by atoms with van der Waals surface area (Å²) in [7, 11) is 0. The highest BCUT2D eigenvalue weighted by atomic mass is 19.1. The number of ether oxygens (including phenoxy) is 1. The van der Waals surface area contributed by atoms with Crippen LogP contribution in [0.2, 0.25) is 0 Å². The van der Waals surface area contributed by atoms with E-state index in [0.717, 1.165) is 23.3 Å². The summed E-state index contributed by atoms with van der Waals surface area (Å²) in [5, 5.41) is 17.8. The maximum Gasteiger partial charge on any atom is 0.339 e. The summed E-state index contributed by atoms with van der Waals surface area (Å²) < 4.78 is 18.5. The summed E-state index contributed by atoms with van der Waals surface area (Å²) in [6.07, 6.45) is 0. The Bertz CT molecular complexity index is 735. The first-order chi connectivity index (χ1) is 10.0. The van der Waals surface area contributed by atoms with Crippen molar-refractivity contribution in [3.8, 4) is 11.8 Å². The summed E-state index contributed by atoms with van der Waals surface area (Å²) in [5.41, 5.74) is 2.02. The van der Waals surface area contributed by atoms with Crippen molar-refractivity contribution < 1.29 is 19.0 Å². The van der Waals surface area contributed by atoms with E-state index in [2.05, 4.69) is 0 Å². The number of halogens is 1. The van der Waals surface area contributed by atoms with Gasteiger partial charge >= 0.3 is 5.97 Å². The Kier molecular flexibility index (Phi) is 4.19. The number of nitrogens with zero attached hydrogens (tertiary/aromatic N) is 1. The van der Waals surface area contributed by atoms with Gasteiger partial charge in [-0.05, 0) is 48.4 Å². The first-order valence-corrected chi connectivity index (χ1v) is 6.16. The normalized spacial score (nSPS) is 9.95. The molecule has 0 heterocycles. The molecule has 0 atom stereocenters. The van der Waals surface area contributed by atoms with Gasteiger partial charge in [-0.2, -0.15) is 5.26 Å². The van der Waals surface area contributed by atoms with Crippen LogP contribution in [0.4, 0.5) is 4.39 Å². The van der Waals surface area contributed by atoms with Crippen LogP contribution in [0, 0.1) is 24.1 Å². The molecular formula is C16H12FNO3. The van der Waals surface area contributed by atoms with Gasteiger partial charge in [0.05, 0.1) is 11.6 Å². The molecule has 0 unspecified atom stereocenters. The second kappa shape index (κ2) is 6.06. The average Bonchev–Trinajstić information content (AvgIpc) is 2.46. The van der Waals surface area contributed by atoms with E-state index in [0.29, 0.717) is 5.56 Å². The molecule has 4 nitrogen and oxygen atoms in total. The van der Waals surface area contributed by atoms with Crippen LogP contribution >= 0.6 is 0 Å². The fraction of sp³-hybridized carbons (Fsp3) is 0.125. The Morgan fingerprint density at radius 3 is 2.71 bits per heavy atom. The van der Waals surface area contributed by atoms with Crippen LogP contribution in [0.5, 0.6) is 5.75 Å². The van der Waals surface area contributed by atoms with Gasteiger partial charge in [0.25, 0.3) is 0 Å². The van der Waals surface area contributed by atoms with Crippen molar-refractivity contribution in [2.24, 2.45) is 0 Å². The second-order valence-corrected chi connectivity index (χ2v) is 4.49. The topological polar surface area (TPSA) is 70.3 Å². The van der Waals surface area contributed by atoms with Gasteiger partial charge in [-0.25, -0.2) is 9.18 Å². The van der Waals surface area contributed by atoms with Crippen molar-refractivity contribution in [1.82, 2.24) is 0 Å². The lowest BCUT2D eigenvalue weighted by molar-refractivity contribution is 0.0691. The van der Waals surface area contributed by atoms with Gasteiger partial charge in [-0.1, -0.05) is 6.07 Å². The highest BCUT2D eigenvalue weighted by Crippen LogP contribution is 2.22. The first-order valence-electron chi connectivity index (χ1n) is 6.16. The number of aryl methyl sites for hydroxylation is 1. The maximum atomic E-state index is 13.1. The summed E-state index contributed by atoms with van der Waals surface area (Å²) in [4.78, 5) is 11.1. The predicted octanol–water partition coefficient (Wildman–Crippen LogP) is 3.28. The zero-order chi connectivity index (χ0) is 15.4. The molecule has 0 aliphatic heterocycles. The molecule has 0 fully saturated rings. The molecule has 0 radical (unpaired) electrons. The molecule has 0 saturated carbocycles. The summed E-state index contributed by atoms with van der Waals surface area (Å²) >= 11 is 0. The van der Waals surface area contributed by atoms with Gasteiger partial charge in [0.1, 0.15) is 23.7 Å². The van der Waals surface area contributed by atoms with Crippen LogP contribution in [0.25, 0.3) is 0 Å². The Balaban J connectivity index is 2.21. The first kappa shape index (κ1) is 14.5. The third-order valence-corrected chi connectivity index (χ3v) is 3.03. The van der Waals surface area contributed by atoms with E-state index in [9.17, 15) is 9.18 Å². The molecule has 106 valence electrons. The van der Waals surface area contributed by atoms with E-state index in [1.54, 1.807) is 18.2 Å². The van der Waals surface area contributed by atoms with Crippen molar-refractivity contribution in [1.29, 1.82) is 5.26 Å². The number of carboxylic acids is 1. The van der Waals surface area contributed by atoms with Crippen LogP contribution in [-0.2, 0) is 6.61 Å². The van der Waals surface area contributed by atoms with E-state index in [-0.39, 0.29) is 17.9 Å². The number of nitriles is 1. The molecule has 0 aliphatic carbocycles. The molecule has 21 heavy (non-hydrogen) atoms. The molecule has 2 aromatic rings. The number of carboxylic acid groups (broad SMARTS) is 1. The van der Waals surface area contributed by atoms with Gasteiger partial charge in [0, 0.05) is 0 Å². The van der Waals surface area contributed by atoms with Crippen LogP contribution in [0.15, 0.2) is 36.4 Å². The van der Waals surface area contributed by atoms with Crippen LogP contribution in [0.1, 0.15) is 27.0 Å². The highest BCUT2D eigenvalue weighted by molar-refractivity contribution is 5.90. The molecule has 2 rings (SSSR count). The summed E-state index contributed by atoms with van der Waals surface area (Å²) in [6.45, 7) is 1.98. The minimum Gasteiger partial charge on any atom is -0.488 e. The minimum absolute atomic E-state index is 0.104.